The van der Waals surface area contributed by atoms with Crippen LogP contribution in [0.2, 0.25) is 0 Å². The van der Waals surface area contributed by atoms with Crippen molar-refractivity contribution in [1.82, 2.24) is 14.7 Å². The molecular weight excluding hydrogens is 382 g/mol. The van der Waals surface area contributed by atoms with Gasteiger partial charge in [0.15, 0.2) is 6.61 Å². The molecule has 0 aliphatic carbocycles. The number of carbonyl (C=O) groups excluding carboxylic acids is 1. The van der Waals surface area contributed by atoms with Crippen molar-refractivity contribution in [2.24, 2.45) is 0 Å². The van der Waals surface area contributed by atoms with Gasteiger partial charge >= 0.3 is 0 Å². The summed E-state index contributed by atoms with van der Waals surface area (Å²) >= 11 is 1.85. The second kappa shape index (κ2) is 10.2. The Morgan fingerprint density at radius 3 is 2.28 bits per heavy atom. The van der Waals surface area contributed by atoms with Crippen molar-refractivity contribution in [3.05, 3.63) is 52.2 Å². The molecule has 0 unspecified atom stereocenters. The van der Waals surface area contributed by atoms with Crippen LogP contribution in [0.1, 0.15) is 29.7 Å². The van der Waals surface area contributed by atoms with Gasteiger partial charge in [0.1, 0.15) is 5.75 Å². The van der Waals surface area contributed by atoms with Crippen LogP contribution in [0.25, 0.3) is 0 Å². The quantitative estimate of drug-likeness (QED) is 0.697. The van der Waals surface area contributed by atoms with Gasteiger partial charge in [-0.05, 0) is 61.5 Å². The standard InChI is InChI=1S/C23H31N3O2S/c27-23(26-12-1-2-13-26)19-28-21-8-6-20(7-9-21)17-24-10-4-11-25(15-14-24)18-22-5-3-16-29-22/h3,5-9,16H,1-2,4,10-15,17-19H2. The van der Waals surface area contributed by atoms with Crippen LogP contribution < -0.4 is 4.74 Å². The average molecular weight is 414 g/mol. The predicted octanol–water partition coefficient (Wildman–Crippen LogP) is 3.46. The second-order valence-corrected chi connectivity index (χ2v) is 9.04. The van der Waals surface area contributed by atoms with Crippen LogP contribution in [0, 0.1) is 0 Å². The number of carbonyl (C=O) groups is 1. The summed E-state index contributed by atoms with van der Waals surface area (Å²) in [5.41, 5.74) is 1.30. The molecule has 2 aliphatic rings. The molecule has 0 bridgehead atoms. The first-order valence-electron chi connectivity index (χ1n) is 10.7. The van der Waals surface area contributed by atoms with Gasteiger partial charge in [-0.2, -0.15) is 0 Å². The monoisotopic (exact) mass is 413 g/mol. The minimum atomic E-state index is 0.100. The summed E-state index contributed by atoms with van der Waals surface area (Å²) in [4.78, 5) is 20.6. The van der Waals surface area contributed by atoms with Gasteiger partial charge < -0.3 is 9.64 Å². The Kier molecular flexibility index (Phi) is 7.19. The third-order valence-electron chi connectivity index (χ3n) is 5.79. The van der Waals surface area contributed by atoms with E-state index in [0.29, 0.717) is 0 Å². The summed E-state index contributed by atoms with van der Waals surface area (Å²) in [7, 11) is 0. The summed E-state index contributed by atoms with van der Waals surface area (Å²) < 4.78 is 5.70. The molecule has 2 aliphatic heterocycles. The van der Waals surface area contributed by atoms with Crippen molar-refractivity contribution < 1.29 is 9.53 Å². The zero-order valence-corrected chi connectivity index (χ0v) is 17.9. The molecule has 1 aromatic carbocycles. The normalized spacial score (nSPS) is 18.7. The van der Waals surface area contributed by atoms with Crippen LogP contribution in [-0.2, 0) is 17.9 Å². The maximum atomic E-state index is 12.1. The third kappa shape index (κ3) is 6.04. The number of hydrogen-bond acceptors (Lipinski definition) is 5. The fourth-order valence-corrected chi connectivity index (χ4v) is 4.86. The lowest BCUT2D eigenvalue weighted by Gasteiger charge is -2.21. The SMILES string of the molecule is O=C(COc1ccc(CN2CCCN(Cc3cccs3)CC2)cc1)N1CCCC1. The molecule has 0 radical (unpaired) electrons. The van der Waals surface area contributed by atoms with Crippen molar-refractivity contribution in [2.45, 2.75) is 32.4 Å². The number of ether oxygens (including phenoxy) is 1. The first-order valence-corrected chi connectivity index (χ1v) is 11.6. The highest BCUT2D eigenvalue weighted by Crippen LogP contribution is 2.17. The summed E-state index contributed by atoms with van der Waals surface area (Å²) in [5, 5.41) is 2.16. The second-order valence-electron chi connectivity index (χ2n) is 8.01. The van der Waals surface area contributed by atoms with Gasteiger partial charge in [0.25, 0.3) is 5.91 Å². The molecule has 0 saturated carbocycles. The number of amides is 1. The van der Waals surface area contributed by atoms with E-state index in [0.717, 1.165) is 64.4 Å². The highest BCUT2D eigenvalue weighted by Gasteiger charge is 2.18. The molecule has 0 atom stereocenters. The Labute approximate surface area is 177 Å². The minimum absolute atomic E-state index is 0.100. The Bertz CT molecular complexity index is 757. The molecule has 2 saturated heterocycles. The third-order valence-corrected chi connectivity index (χ3v) is 6.65. The van der Waals surface area contributed by atoms with Crippen molar-refractivity contribution >= 4 is 17.2 Å². The molecule has 2 fully saturated rings. The molecule has 4 rings (SSSR count). The van der Waals surface area contributed by atoms with E-state index in [1.54, 1.807) is 0 Å². The van der Waals surface area contributed by atoms with Crippen LogP contribution in [0.3, 0.4) is 0 Å². The van der Waals surface area contributed by atoms with Crippen LogP contribution in [-0.4, -0.2) is 66.5 Å². The van der Waals surface area contributed by atoms with Gasteiger partial charge in [0, 0.05) is 44.1 Å². The first-order chi connectivity index (χ1) is 14.3. The van der Waals surface area contributed by atoms with Gasteiger partial charge in [0.2, 0.25) is 0 Å². The number of rotatable bonds is 7. The largest absolute Gasteiger partial charge is 0.484 e. The summed E-state index contributed by atoms with van der Waals surface area (Å²) in [5.74, 6) is 0.877. The zero-order valence-electron chi connectivity index (χ0n) is 17.1. The fraction of sp³-hybridized carbons (Fsp3) is 0.522. The number of thiophene rings is 1. The molecule has 0 spiro atoms. The molecule has 2 aromatic rings. The molecule has 29 heavy (non-hydrogen) atoms. The van der Waals surface area contributed by atoms with E-state index < -0.39 is 0 Å². The Balaban J connectivity index is 1.21. The van der Waals surface area contributed by atoms with Crippen molar-refractivity contribution in [3.8, 4) is 5.75 Å². The molecule has 1 amide bonds. The van der Waals surface area contributed by atoms with Gasteiger partial charge in [-0.1, -0.05) is 18.2 Å². The van der Waals surface area contributed by atoms with Crippen LogP contribution in [0.4, 0.5) is 0 Å². The minimum Gasteiger partial charge on any atom is -0.484 e. The Morgan fingerprint density at radius 1 is 0.862 bits per heavy atom. The molecular formula is C23H31N3O2S. The highest BCUT2D eigenvalue weighted by atomic mass is 32.1. The van der Waals surface area contributed by atoms with Gasteiger partial charge in [-0.15, -0.1) is 11.3 Å². The average Bonchev–Trinajstić information content (AvgIpc) is 3.41. The Morgan fingerprint density at radius 2 is 1.59 bits per heavy atom. The van der Waals surface area contributed by atoms with E-state index in [4.69, 9.17) is 4.74 Å². The van der Waals surface area contributed by atoms with Gasteiger partial charge in [-0.3, -0.25) is 14.6 Å². The van der Waals surface area contributed by atoms with Gasteiger partial charge in [0.05, 0.1) is 0 Å². The molecule has 3 heterocycles. The van der Waals surface area contributed by atoms with Crippen LogP contribution in [0.5, 0.6) is 5.75 Å². The predicted molar refractivity (Wildman–Crippen MR) is 117 cm³/mol. The van der Waals surface area contributed by atoms with Gasteiger partial charge in [-0.25, -0.2) is 0 Å². The molecule has 156 valence electrons. The Hall–Kier alpha value is -1.89. The number of benzene rings is 1. The lowest BCUT2D eigenvalue weighted by molar-refractivity contribution is -0.132. The molecule has 1 aromatic heterocycles. The number of nitrogens with zero attached hydrogens (tertiary/aromatic N) is 3. The lowest BCUT2D eigenvalue weighted by atomic mass is 10.2. The summed E-state index contributed by atoms with van der Waals surface area (Å²) in [6.07, 6.45) is 3.44. The van der Waals surface area contributed by atoms with Crippen molar-refractivity contribution in [2.75, 3.05) is 45.9 Å². The molecule has 6 heteroatoms. The zero-order chi connectivity index (χ0) is 19.9. The fourth-order valence-electron chi connectivity index (χ4n) is 4.12. The molecule has 5 nitrogen and oxygen atoms in total. The van der Waals surface area contributed by atoms with Crippen LogP contribution >= 0.6 is 11.3 Å². The van der Waals surface area contributed by atoms with Crippen LogP contribution in [0.15, 0.2) is 41.8 Å². The van der Waals surface area contributed by atoms with E-state index in [1.165, 1.54) is 23.4 Å². The summed E-state index contributed by atoms with van der Waals surface area (Å²) in [6.45, 7) is 8.49. The van der Waals surface area contributed by atoms with E-state index in [1.807, 2.05) is 28.4 Å². The van der Waals surface area contributed by atoms with E-state index in [-0.39, 0.29) is 12.5 Å². The smallest absolute Gasteiger partial charge is 0.260 e. The topological polar surface area (TPSA) is 36.0 Å². The lowest BCUT2D eigenvalue weighted by Crippen LogP contribution is -2.32. The molecule has 0 N–H and O–H groups in total. The maximum absolute atomic E-state index is 12.1. The van der Waals surface area contributed by atoms with Crippen molar-refractivity contribution in [1.29, 1.82) is 0 Å². The highest BCUT2D eigenvalue weighted by molar-refractivity contribution is 7.09. The number of likely N-dealkylation sites (tertiary alicyclic amines) is 1. The van der Waals surface area contributed by atoms with Crippen molar-refractivity contribution in [3.63, 3.8) is 0 Å². The van der Waals surface area contributed by atoms with E-state index >= 15 is 0 Å². The van der Waals surface area contributed by atoms with E-state index in [2.05, 4.69) is 39.4 Å². The number of hydrogen-bond donors (Lipinski definition) is 0. The maximum Gasteiger partial charge on any atom is 0.260 e. The van der Waals surface area contributed by atoms with E-state index in [9.17, 15) is 4.79 Å². The summed E-state index contributed by atoms with van der Waals surface area (Å²) in [6, 6.07) is 12.6. The first kappa shape index (κ1) is 20.4.